The summed E-state index contributed by atoms with van der Waals surface area (Å²) < 4.78 is 5.06. The van der Waals surface area contributed by atoms with E-state index in [1.165, 1.54) is 18.2 Å². The van der Waals surface area contributed by atoms with Gasteiger partial charge in [0.1, 0.15) is 5.75 Å². The number of carboxylic acid groups (broad SMARTS) is 1. The highest BCUT2D eigenvalue weighted by molar-refractivity contribution is 7.97. The molecule has 2 aromatic carbocycles. The number of benzene rings is 2. The third kappa shape index (κ3) is 2.83. The number of rotatable bonds is 4. The van der Waals surface area contributed by atoms with Gasteiger partial charge in [0.2, 0.25) is 5.12 Å². The number of aromatic carboxylic acids is 1. The Balaban J connectivity index is 2.58. The van der Waals surface area contributed by atoms with Crippen LogP contribution in [0.4, 0.5) is 0 Å². The normalized spacial score (nSPS) is 10.1. The number of carbonyl (C=O) groups excluding carboxylic acids is 1. The summed E-state index contributed by atoms with van der Waals surface area (Å²) in [4.78, 5) is 22.6. The number of carboxylic acids is 1. The molecule has 0 bridgehead atoms. The van der Waals surface area contributed by atoms with Crippen LogP contribution in [-0.4, -0.2) is 23.3 Å². The lowest BCUT2D eigenvalue weighted by molar-refractivity contribution is 0.0697. The number of hydrogen-bond donors (Lipinski definition) is 2. The van der Waals surface area contributed by atoms with E-state index in [1.807, 2.05) is 0 Å². The second-order valence-electron chi connectivity index (χ2n) is 4.10. The van der Waals surface area contributed by atoms with Crippen LogP contribution in [-0.2, 0) is 0 Å². The van der Waals surface area contributed by atoms with Crippen LogP contribution in [0, 0.1) is 0 Å². The first kappa shape index (κ1) is 14.1. The summed E-state index contributed by atoms with van der Waals surface area (Å²) in [6.45, 7) is 0. The molecule has 0 aromatic heterocycles. The SMILES string of the molecule is COc1ccc(-c2cc(C(=O)S)ccc2C(=O)O)cc1. The Morgan fingerprint density at radius 1 is 1.10 bits per heavy atom. The van der Waals surface area contributed by atoms with Crippen molar-refractivity contribution in [1.82, 2.24) is 0 Å². The van der Waals surface area contributed by atoms with Gasteiger partial charge in [-0.15, -0.1) is 12.6 Å². The third-order valence-corrected chi connectivity index (χ3v) is 3.16. The van der Waals surface area contributed by atoms with Gasteiger partial charge in [0.25, 0.3) is 0 Å². The zero-order valence-corrected chi connectivity index (χ0v) is 11.6. The van der Waals surface area contributed by atoms with E-state index in [1.54, 1.807) is 31.4 Å². The molecular formula is C15H12O4S. The number of ether oxygens (including phenoxy) is 1. The molecule has 0 fully saturated rings. The van der Waals surface area contributed by atoms with E-state index in [0.29, 0.717) is 22.4 Å². The van der Waals surface area contributed by atoms with E-state index in [2.05, 4.69) is 12.6 Å². The summed E-state index contributed by atoms with van der Waals surface area (Å²) in [6.07, 6.45) is 0. The lowest BCUT2D eigenvalue weighted by Crippen LogP contribution is -2.01. The van der Waals surface area contributed by atoms with Gasteiger partial charge in [-0.2, -0.15) is 0 Å². The summed E-state index contributed by atoms with van der Waals surface area (Å²) in [5, 5.41) is 8.82. The maximum absolute atomic E-state index is 11.3. The maximum atomic E-state index is 11.3. The minimum Gasteiger partial charge on any atom is -0.497 e. The average molecular weight is 288 g/mol. The van der Waals surface area contributed by atoms with E-state index in [4.69, 9.17) is 4.74 Å². The van der Waals surface area contributed by atoms with E-state index in [-0.39, 0.29) is 5.56 Å². The van der Waals surface area contributed by atoms with Crippen molar-refractivity contribution in [3.05, 3.63) is 53.6 Å². The van der Waals surface area contributed by atoms with Crippen LogP contribution in [0.5, 0.6) is 5.75 Å². The van der Waals surface area contributed by atoms with Gasteiger partial charge in [-0.1, -0.05) is 12.1 Å². The summed E-state index contributed by atoms with van der Waals surface area (Å²) in [5.41, 5.74) is 1.65. The molecule has 20 heavy (non-hydrogen) atoms. The first-order valence-electron chi connectivity index (χ1n) is 5.78. The van der Waals surface area contributed by atoms with Crippen molar-refractivity contribution in [1.29, 1.82) is 0 Å². The molecule has 0 unspecified atom stereocenters. The molecular weight excluding hydrogens is 276 g/mol. The molecule has 0 atom stereocenters. The molecule has 4 nitrogen and oxygen atoms in total. The Labute approximate surface area is 121 Å². The highest BCUT2D eigenvalue weighted by atomic mass is 32.1. The first-order chi connectivity index (χ1) is 9.52. The molecule has 0 saturated heterocycles. The number of methoxy groups -OCH3 is 1. The zero-order valence-electron chi connectivity index (χ0n) is 10.7. The molecule has 102 valence electrons. The van der Waals surface area contributed by atoms with Gasteiger partial charge in [-0.25, -0.2) is 4.79 Å². The standard InChI is InChI=1S/C15H12O4S/c1-19-11-5-2-9(3-6-11)13-8-10(15(18)20)4-7-12(13)14(16)17/h2-8H,1H3,(H,16,17)(H,18,20). The van der Waals surface area contributed by atoms with Crippen LogP contribution in [0.25, 0.3) is 11.1 Å². The Hall–Kier alpha value is -2.27. The highest BCUT2D eigenvalue weighted by Crippen LogP contribution is 2.27. The number of carbonyl (C=O) groups is 2. The monoisotopic (exact) mass is 288 g/mol. The van der Waals surface area contributed by atoms with Gasteiger partial charge in [0.05, 0.1) is 12.7 Å². The molecule has 5 heteroatoms. The van der Waals surface area contributed by atoms with Crippen LogP contribution in [0.1, 0.15) is 20.7 Å². The fourth-order valence-electron chi connectivity index (χ4n) is 1.87. The number of hydrogen-bond acceptors (Lipinski definition) is 3. The predicted molar refractivity (Wildman–Crippen MR) is 78.7 cm³/mol. The molecule has 0 spiro atoms. The Morgan fingerprint density at radius 3 is 2.25 bits per heavy atom. The van der Waals surface area contributed by atoms with Crippen LogP contribution in [0.2, 0.25) is 0 Å². The van der Waals surface area contributed by atoms with Gasteiger partial charge >= 0.3 is 5.97 Å². The van der Waals surface area contributed by atoms with Crippen molar-refractivity contribution in [3.8, 4) is 16.9 Å². The summed E-state index contributed by atoms with van der Waals surface area (Å²) in [5.74, 6) is -0.374. The van der Waals surface area contributed by atoms with E-state index >= 15 is 0 Å². The van der Waals surface area contributed by atoms with E-state index < -0.39 is 11.1 Å². The minimum atomic E-state index is -1.05. The Kier molecular flexibility index (Phi) is 4.10. The van der Waals surface area contributed by atoms with Crippen molar-refractivity contribution in [2.45, 2.75) is 0 Å². The van der Waals surface area contributed by atoms with Crippen LogP contribution >= 0.6 is 12.6 Å². The molecule has 2 rings (SSSR count). The van der Waals surface area contributed by atoms with E-state index in [9.17, 15) is 14.7 Å². The van der Waals surface area contributed by atoms with Gasteiger partial charge in [0, 0.05) is 5.56 Å². The second kappa shape index (κ2) is 5.79. The molecule has 0 radical (unpaired) electrons. The number of thiol groups is 1. The summed E-state index contributed by atoms with van der Waals surface area (Å²) >= 11 is 3.76. The highest BCUT2D eigenvalue weighted by Gasteiger charge is 2.14. The molecule has 0 aliphatic carbocycles. The van der Waals surface area contributed by atoms with Crippen molar-refractivity contribution in [2.75, 3.05) is 7.11 Å². The van der Waals surface area contributed by atoms with Crippen molar-refractivity contribution in [2.24, 2.45) is 0 Å². The van der Waals surface area contributed by atoms with Crippen LogP contribution in [0.15, 0.2) is 42.5 Å². The van der Waals surface area contributed by atoms with Gasteiger partial charge in [-0.3, -0.25) is 4.79 Å². The maximum Gasteiger partial charge on any atom is 0.336 e. The summed E-state index contributed by atoms with van der Waals surface area (Å²) in [7, 11) is 1.55. The molecule has 0 saturated carbocycles. The lowest BCUT2D eigenvalue weighted by Gasteiger charge is -2.09. The molecule has 1 N–H and O–H groups in total. The fourth-order valence-corrected chi connectivity index (χ4v) is 2.01. The molecule has 0 aliphatic rings. The quantitative estimate of drug-likeness (QED) is 0.848. The molecule has 0 aliphatic heterocycles. The third-order valence-electron chi connectivity index (χ3n) is 2.90. The first-order valence-corrected chi connectivity index (χ1v) is 6.22. The van der Waals surface area contributed by atoms with Crippen molar-refractivity contribution in [3.63, 3.8) is 0 Å². The van der Waals surface area contributed by atoms with Crippen molar-refractivity contribution < 1.29 is 19.4 Å². The topological polar surface area (TPSA) is 63.6 Å². The smallest absolute Gasteiger partial charge is 0.336 e. The Bertz CT molecular complexity index is 662. The van der Waals surface area contributed by atoms with Crippen LogP contribution < -0.4 is 4.74 Å². The van der Waals surface area contributed by atoms with Gasteiger partial charge in [0.15, 0.2) is 0 Å². The zero-order chi connectivity index (χ0) is 14.7. The van der Waals surface area contributed by atoms with E-state index in [0.717, 1.165) is 0 Å². The predicted octanol–water partition coefficient (Wildman–Crippen LogP) is 3.13. The Morgan fingerprint density at radius 2 is 1.75 bits per heavy atom. The van der Waals surface area contributed by atoms with Gasteiger partial charge < -0.3 is 9.84 Å². The largest absolute Gasteiger partial charge is 0.497 e. The van der Waals surface area contributed by atoms with Crippen LogP contribution in [0.3, 0.4) is 0 Å². The molecule has 0 heterocycles. The lowest BCUT2D eigenvalue weighted by atomic mass is 9.97. The minimum absolute atomic E-state index is 0.133. The van der Waals surface area contributed by atoms with Gasteiger partial charge in [-0.05, 0) is 41.5 Å². The molecule has 0 amide bonds. The average Bonchev–Trinajstić information content (AvgIpc) is 2.46. The fraction of sp³-hybridized carbons (Fsp3) is 0.0667. The molecule has 2 aromatic rings. The second-order valence-corrected chi connectivity index (χ2v) is 4.51. The van der Waals surface area contributed by atoms with Crippen molar-refractivity contribution >= 4 is 23.7 Å². The summed E-state index contributed by atoms with van der Waals surface area (Å²) in [6, 6.07) is 11.3.